The Morgan fingerprint density at radius 2 is 0.769 bits per heavy atom. The molecule has 0 aromatic carbocycles. The molecule has 25 heteroatoms. The van der Waals surface area contributed by atoms with Gasteiger partial charge < -0.3 is 50.2 Å². The second-order valence-corrected chi connectivity index (χ2v) is 9.63. The van der Waals surface area contributed by atoms with Crippen molar-refractivity contribution in [2.45, 2.75) is 77.5 Å². The predicted octanol–water partition coefficient (Wildman–Crippen LogP) is -3.67. The quantitative estimate of drug-likeness (QED) is 0.0267. The van der Waals surface area contributed by atoms with E-state index in [1.165, 1.54) is 27.7 Å². The lowest BCUT2D eigenvalue weighted by atomic mass is 10.1. The third-order valence-corrected chi connectivity index (χ3v) is 5.01. The first-order valence-electron chi connectivity index (χ1n) is 14.1. The molecule has 0 aromatic heterocycles. The van der Waals surface area contributed by atoms with Crippen molar-refractivity contribution in [1.29, 1.82) is 0 Å². The average molecular weight is 754 g/mol. The number of amides is 5. The van der Waals surface area contributed by atoms with Crippen molar-refractivity contribution in [3.63, 3.8) is 0 Å². The number of carbonyl (C=O) groups excluding carboxylic acids is 10. The van der Waals surface area contributed by atoms with Crippen molar-refractivity contribution in [1.82, 2.24) is 26.6 Å². The Morgan fingerprint density at radius 3 is 0.981 bits per heavy atom. The Hall–Kier alpha value is -6.69. The summed E-state index contributed by atoms with van der Waals surface area (Å²) >= 11 is 0. The molecule has 5 amide bonds. The van der Waals surface area contributed by atoms with Gasteiger partial charge in [-0.1, -0.05) is 0 Å². The van der Waals surface area contributed by atoms with Crippen LogP contribution in [0.15, 0.2) is 0 Å². The minimum absolute atomic E-state index is 0.0172. The topological polar surface area (TPSA) is 380 Å². The third kappa shape index (κ3) is 29.4. The van der Waals surface area contributed by atoms with Crippen LogP contribution in [-0.4, -0.2) is 138 Å². The summed E-state index contributed by atoms with van der Waals surface area (Å²) in [5.41, 5.74) is 0. The summed E-state index contributed by atoms with van der Waals surface area (Å²) in [5.74, 6) is -5.56. The highest BCUT2D eigenvalue weighted by atomic mass is 16.6. The molecule has 0 heterocycles. The fourth-order valence-corrected chi connectivity index (χ4v) is 3.02. The Kier molecular flexibility index (Phi) is 27.9. The number of ether oxygens (including phenoxy) is 4. The van der Waals surface area contributed by atoms with Crippen molar-refractivity contribution in [2.24, 2.45) is 0 Å². The zero-order chi connectivity index (χ0) is 40.8. The molecule has 8 N–H and O–H groups in total. The molecule has 292 valence electrons. The van der Waals surface area contributed by atoms with Gasteiger partial charge >= 0.3 is 30.0 Å². The number of aliphatic carboxylic acids is 3. The van der Waals surface area contributed by atoms with Crippen LogP contribution in [0.2, 0.25) is 0 Å². The predicted molar refractivity (Wildman–Crippen MR) is 163 cm³/mol. The van der Waals surface area contributed by atoms with Gasteiger partial charge in [-0.2, -0.15) is 0 Å². The molecule has 0 bridgehead atoms. The van der Waals surface area contributed by atoms with Crippen molar-refractivity contribution < 1.29 is 96.6 Å². The van der Waals surface area contributed by atoms with E-state index in [4.69, 9.17) is 15.3 Å². The maximum Gasteiger partial charge on any atom is 0.326 e. The molecule has 0 radical (unpaired) electrons. The standard InChI is InChI=1S/2C10H14N2O8.C7H11NO4/c2*1-6(15)2-7(9(16)17)11-10(18)12-8(20-5-14)3-19-4-13;1-4(9)3-6(7(11)12)8-5(2)10/h2*4-5,7-8H,2-3H2,1H3,(H,16,17)(H2,11,12,18);6H,3H2,1-2H3,(H,8,10)(H,11,12)/t7-,8+;;/m0../s1. The first kappa shape index (κ1) is 49.7. The van der Waals surface area contributed by atoms with Crippen LogP contribution >= 0.6 is 0 Å². The van der Waals surface area contributed by atoms with Gasteiger partial charge in [-0.3, -0.25) is 49.0 Å². The van der Waals surface area contributed by atoms with Crippen LogP contribution in [0.4, 0.5) is 9.59 Å². The van der Waals surface area contributed by atoms with E-state index < -0.39 is 104 Å². The SMILES string of the molecule is CC(=O)CC(NC(=O)NC(COC=O)OC=O)C(=O)O.CC(=O)CC(NC(C)=O)C(=O)O.CC(=O)C[C@H](NC(=O)N[C@@H](COC=O)OC=O)C(=O)O. The number of ketones is 3. The molecule has 0 saturated heterocycles. The zero-order valence-corrected chi connectivity index (χ0v) is 28.0. The van der Waals surface area contributed by atoms with E-state index in [9.17, 15) is 62.3 Å². The van der Waals surface area contributed by atoms with Gasteiger partial charge in [0.2, 0.25) is 18.4 Å². The molecule has 0 fully saturated rings. The molecular formula is C27H39N5O20. The molecule has 0 spiro atoms. The summed E-state index contributed by atoms with van der Waals surface area (Å²) < 4.78 is 17.4. The number of Topliss-reactive ketones (excluding diaryl/α,β-unsaturated/α-hetero) is 3. The Morgan fingerprint density at radius 1 is 0.481 bits per heavy atom. The van der Waals surface area contributed by atoms with Gasteiger partial charge in [-0.15, -0.1) is 0 Å². The second kappa shape index (κ2) is 29.2. The lowest BCUT2D eigenvalue weighted by Gasteiger charge is -2.18. The van der Waals surface area contributed by atoms with E-state index >= 15 is 0 Å². The zero-order valence-electron chi connectivity index (χ0n) is 28.0. The number of carbonyl (C=O) groups is 13. The molecular weight excluding hydrogens is 714 g/mol. The highest BCUT2D eigenvalue weighted by molar-refractivity contribution is 5.89. The first-order valence-corrected chi connectivity index (χ1v) is 14.1. The van der Waals surface area contributed by atoms with Crippen LogP contribution in [0.3, 0.4) is 0 Å². The molecule has 5 atom stereocenters. The van der Waals surface area contributed by atoms with Gasteiger partial charge in [0.1, 0.15) is 48.7 Å². The number of rotatable bonds is 24. The van der Waals surface area contributed by atoms with Crippen LogP contribution in [-0.2, 0) is 71.7 Å². The lowest BCUT2D eigenvalue weighted by molar-refractivity contribution is -0.143. The number of nitrogens with one attached hydrogen (secondary N) is 5. The van der Waals surface area contributed by atoms with Crippen molar-refractivity contribution in [3.05, 3.63) is 0 Å². The Labute approximate surface area is 293 Å². The summed E-state index contributed by atoms with van der Waals surface area (Å²) in [6.45, 7) is 4.13. The summed E-state index contributed by atoms with van der Waals surface area (Å²) in [7, 11) is 0. The molecule has 3 unspecified atom stereocenters. The third-order valence-electron chi connectivity index (χ3n) is 5.01. The summed E-state index contributed by atoms with van der Waals surface area (Å²) in [4.78, 5) is 138. The molecule has 0 aliphatic carbocycles. The number of hydrogen-bond donors (Lipinski definition) is 8. The fourth-order valence-electron chi connectivity index (χ4n) is 3.02. The summed E-state index contributed by atoms with van der Waals surface area (Å²) in [5, 5.41) is 36.4. The smallest absolute Gasteiger partial charge is 0.326 e. The van der Waals surface area contributed by atoms with Crippen molar-refractivity contribution in [3.8, 4) is 0 Å². The number of carboxylic acids is 3. The normalized spacial score (nSPS) is 12.3. The Bertz CT molecular complexity index is 1190. The summed E-state index contributed by atoms with van der Waals surface area (Å²) in [6, 6.07) is -5.94. The van der Waals surface area contributed by atoms with Crippen LogP contribution in [0.25, 0.3) is 0 Å². The first-order chi connectivity index (χ1) is 24.2. The molecule has 0 aromatic rings. The molecule has 0 rings (SSSR count). The summed E-state index contributed by atoms with van der Waals surface area (Å²) in [6.07, 6.45) is -3.51. The minimum Gasteiger partial charge on any atom is -0.480 e. The highest BCUT2D eigenvalue weighted by Gasteiger charge is 2.25. The van der Waals surface area contributed by atoms with E-state index in [2.05, 4.69) is 24.3 Å². The molecule has 25 nitrogen and oxygen atoms in total. The molecule has 0 aliphatic rings. The second-order valence-electron chi connectivity index (χ2n) is 9.63. The van der Waals surface area contributed by atoms with E-state index in [1.807, 2.05) is 21.3 Å². The van der Waals surface area contributed by atoms with Gasteiger partial charge in [0.05, 0.1) is 0 Å². The van der Waals surface area contributed by atoms with Crippen molar-refractivity contribution in [2.75, 3.05) is 13.2 Å². The van der Waals surface area contributed by atoms with Crippen LogP contribution in [0.5, 0.6) is 0 Å². The number of hydrogen-bond acceptors (Lipinski definition) is 17. The van der Waals surface area contributed by atoms with Gasteiger partial charge in [-0.05, 0) is 20.8 Å². The van der Waals surface area contributed by atoms with Crippen molar-refractivity contribution >= 4 is 79.1 Å². The van der Waals surface area contributed by atoms with E-state index in [0.29, 0.717) is 0 Å². The maximum atomic E-state index is 11.5. The number of urea groups is 2. The maximum absolute atomic E-state index is 11.5. The highest BCUT2D eigenvalue weighted by Crippen LogP contribution is 1.97. The fraction of sp³-hybridized carbons (Fsp3) is 0.519. The van der Waals surface area contributed by atoms with E-state index in [0.717, 1.165) is 0 Å². The van der Waals surface area contributed by atoms with Gasteiger partial charge in [0.15, 0.2) is 0 Å². The minimum atomic E-state index is -1.42. The monoisotopic (exact) mass is 753 g/mol. The largest absolute Gasteiger partial charge is 0.480 e. The van der Waals surface area contributed by atoms with Gasteiger partial charge in [-0.25, -0.2) is 24.0 Å². The van der Waals surface area contributed by atoms with Crippen LogP contribution in [0, 0.1) is 0 Å². The lowest BCUT2D eigenvalue weighted by Crippen LogP contribution is -2.51. The molecule has 0 aliphatic heterocycles. The van der Waals surface area contributed by atoms with E-state index in [1.54, 1.807) is 0 Å². The molecule has 0 saturated carbocycles. The van der Waals surface area contributed by atoms with Gasteiger partial charge in [0.25, 0.3) is 25.9 Å². The van der Waals surface area contributed by atoms with Gasteiger partial charge in [0, 0.05) is 26.2 Å². The molecule has 52 heavy (non-hydrogen) atoms. The van der Waals surface area contributed by atoms with E-state index in [-0.39, 0.29) is 38.1 Å². The Balaban J connectivity index is -0.000000717. The average Bonchev–Trinajstić information content (AvgIpc) is 3.01. The number of carboxylic acid groups (broad SMARTS) is 3. The van der Waals surface area contributed by atoms with Crippen LogP contribution in [0.1, 0.15) is 47.0 Å². The van der Waals surface area contributed by atoms with Crippen LogP contribution < -0.4 is 26.6 Å².